The molecule has 0 saturated heterocycles. The second-order valence-electron chi connectivity index (χ2n) is 4.97. The molecule has 0 aromatic heterocycles. The van der Waals surface area contributed by atoms with Crippen molar-refractivity contribution in [2.45, 2.75) is 31.7 Å². The summed E-state index contributed by atoms with van der Waals surface area (Å²) in [5.74, 6) is 1.87. The van der Waals surface area contributed by atoms with Gasteiger partial charge in [0.15, 0.2) is 0 Å². The minimum absolute atomic E-state index is 0.720. The first-order valence-corrected chi connectivity index (χ1v) is 7.54. The quantitative estimate of drug-likeness (QED) is 0.826. The summed E-state index contributed by atoms with van der Waals surface area (Å²) in [6.07, 6.45) is 5.68. The van der Waals surface area contributed by atoms with Gasteiger partial charge in [-0.3, -0.25) is 0 Å². The summed E-state index contributed by atoms with van der Waals surface area (Å²) >= 11 is 7.11. The zero-order chi connectivity index (χ0) is 11.1. The Balaban J connectivity index is 1.76. The zero-order valence-electron chi connectivity index (χ0n) is 9.05. The number of benzene rings is 1. The highest BCUT2D eigenvalue weighted by molar-refractivity contribution is 9.11. The molecule has 0 bridgehead atoms. The molecule has 1 aromatic rings. The zero-order valence-corrected chi connectivity index (χ0v) is 12.2. The summed E-state index contributed by atoms with van der Waals surface area (Å²) in [6.45, 7) is 0. The fourth-order valence-corrected chi connectivity index (χ4v) is 3.48. The predicted octanol–water partition coefficient (Wildman–Crippen LogP) is 4.81. The highest BCUT2D eigenvalue weighted by Gasteiger charge is 2.41. The third-order valence-electron chi connectivity index (χ3n) is 3.51. The van der Waals surface area contributed by atoms with E-state index in [0.29, 0.717) is 0 Å². The lowest BCUT2D eigenvalue weighted by Gasteiger charge is -2.20. The van der Waals surface area contributed by atoms with E-state index in [4.69, 9.17) is 0 Å². The van der Waals surface area contributed by atoms with Crippen LogP contribution >= 0.6 is 31.9 Å². The normalized spacial score (nSPS) is 20.2. The summed E-state index contributed by atoms with van der Waals surface area (Å²) in [5, 5.41) is 3.73. The highest BCUT2D eigenvalue weighted by atomic mass is 79.9. The molecular weight excluding hydrogens is 330 g/mol. The van der Waals surface area contributed by atoms with E-state index in [1.165, 1.54) is 31.4 Å². The molecule has 3 heteroatoms. The van der Waals surface area contributed by atoms with E-state index in [-0.39, 0.29) is 0 Å². The van der Waals surface area contributed by atoms with Gasteiger partial charge >= 0.3 is 0 Å². The fraction of sp³-hybridized carbons (Fsp3) is 0.538. The van der Waals surface area contributed by atoms with Gasteiger partial charge in [-0.25, -0.2) is 0 Å². The Kier molecular flexibility index (Phi) is 3.01. The van der Waals surface area contributed by atoms with Crippen molar-refractivity contribution < 1.29 is 0 Å². The molecule has 1 aromatic carbocycles. The molecule has 0 aliphatic heterocycles. The Bertz CT molecular complexity index is 385. The standard InChI is InChI=1S/C13H15Br2N/c14-10-5-6-12(11(15)7-10)16-13(8-1-2-8)9-3-4-9/h5-9,13,16H,1-4H2. The van der Waals surface area contributed by atoms with Crippen molar-refractivity contribution in [2.24, 2.45) is 11.8 Å². The van der Waals surface area contributed by atoms with Gasteiger partial charge in [0.2, 0.25) is 0 Å². The molecule has 0 heterocycles. The molecule has 16 heavy (non-hydrogen) atoms. The lowest BCUT2D eigenvalue weighted by atomic mass is 10.1. The van der Waals surface area contributed by atoms with Crippen molar-refractivity contribution in [2.75, 3.05) is 5.32 Å². The Hall–Kier alpha value is -0.0200. The minimum Gasteiger partial charge on any atom is -0.381 e. The second-order valence-corrected chi connectivity index (χ2v) is 6.74. The topological polar surface area (TPSA) is 12.0 Å². The fourth-order valence-electron chi connectivity index (χ4n) is 2.32. The highest BCUT2D eigenvalue weighted by Crippen LogP contribution is 2.46. The molecule has 2 saturated carbocycles. The monoisotopic (exact) mass is 343 g/mol. The molecule has 2 fully saturated rings. The van der Waals surface area contributed by atoms with Crippen LogP contribution in [-0.2, 0) is 0 Å². The Morgan fingerprint density at radius 2 is 1.69 bits per heavy atom. The number of hydrogen-bond acceptors (Lipinski definition) is 1. The third-order valence-corrected chi connectivity index (χ3v) is 4.66. The first kappa shape index (κ1) is 11.1. The molecule has 0 unspecified atom stereocenters. The molecule has 0 spiro atoms. The van der Waals surface area contributed by atoms with Crippen molar-refractivity contribution in [1.82, 2.24) is 0 Å². The van der Waals surface area contributed by atoms with Gasteiger partial charge in [0.25, 0.3) is 0 Å². The minimum atomic E-state index is 0.720. The number of halogens is 2. The van der Waals surface area contributed by atoms with Gasteiger partial charge in [-0.15, -0.1) is 0 Å². The Morgan fingerprint density at radius 3 is 2.19 bits per heavy atom. The molecule has 3 rings (SSSR count). The van der Waals surface area contributed by atoms with E-state index in [1.807, 2.05) is 0 Å². The molecule has 1 N–H and O–H groups in total. The maximum atomic E-state index is 3.73. The van der Waals surface area contributed by atoms with Crippen LogP contribution in [0.15, 0.2) is 27.1 Å². The smallest absolute Gasteiger partial charge is 0.0487 e. The molecule has 2 aliphatic rings. The Morgan fingerprint density at radius 1 is 1.06 bits per heavy atom. The lowest BCUT2D eigenvalue weighted by molar-refractivity contribution is 0.567. The molecule has 0 amide bonds. The molecule has 0 radical (unpaired) electrons. The van der Waals surface area contributed by atoms with E-state index in [2.05, 4.69) is 55.4 Å². The van der Waals surface area contributed by atoms with Crippen molar-refractivity contribution in [3.63, 3.8) is 0 Å². The summed E-state index contributed by atoms with van der Waals surface area (Å²) in [7, 11) is 0. The van der Waals surface area contributed by atoms with Crippen molar-refractivity contribution in [3.8, 4) is 0 Å². The van der Waals surface area contributed by atoms with Gasteiger partial charge in [0, 0.05) is 20.7 Å². The van der Waals surface area contributed by atoms with Gasteiger partial charge < -0.3 is 5.32 Å². The van der Waals surface area contributed by atoms with Crippen LogP contribution in [-0.4, -0.2) is 6.04 Å². The number of nitrogens with one attached hydrogen (secondary N) is 1. The van der Waals surface area contributed by atoms with Gasteiger partial charge in [0.05, 0.1) is 0 Å². The van der Waals surface area contributed by atoms with Crippen LogP contribution in [0, 0.1) is 11.8 Å². The van der Waals surface area contributed by atoms with Gasteiger partial charge in [-0.1, -0.05) is 15.9 Å². The van der Waals surface area contributed by atoms with E-state index in [1.54, 1.807) is 0 Å². The SMILES string of the molecule is Brc1ccc(NC(C2CC2)C2CC2)c(Br)c1. The molecule has 86 valence electrons. The second kappa shape index (κ2) is 4.34. The van der Waals surface area contributed by atoms with E-state index in [9.17, 15) is 0 Å². The van der Waals surface area contributed by atoms with Crippen molar-refractivity contribution in [1.29, 1.82) is 0 Å². The molecule has 1 nitrogen and oxygen atoms in total. The Labute approximate surface area is 113 Å². The largest absolute Gasteiger partial charge is 0.381 e. The number of anilines is 1. The van der Waals surface area contributed by atoms with E-state index >= 15 is 0 Å². The maximum absolute atomic E-state index is 3.73. The summed E-state index contributed by atoms with van der Waals surface area (Å²) < 4.78 is 2.28. The third kappa shape index (κ3) is 2.45. The molecular formula is C13H15Br2N. The molecule has 0 atom stereocenters. The molecule has 2 aliphatic carbocycles. The number of hydrogen-bond donors (Lipinski definition) is 1. The average Bonchev–Trinajstić information content (AvgIpc) is 3.11. The van der Waals surface area contributed by atoms with E-state index in [0.717, 1.165) is 26.8 Å². The van der Waals surface area contributed by atoms with Crippen molar-refractivity contribution >= 4 is 37.5 Å². The summed E-state index contributed by atoms with van der Waals surface area (Å²) in [4.78, 5) is 0. The average molecular weight is 345 g/mol. The van der Waals surface area contributed by atoms with Gasteiger partial charge in [-0.2, -0.15) is 0 Å². The first-order valence-electron chi connectivity index (χ1n) is 5.95. The van der Waals surface area contributed by atoms with Crippen LogP contribution < -0.4 is 5.32 Å². The van der Waals surface area contributed by atoms with Crippen LogP contribution in [0.5, 0.6) is 0 Å². The van der Waals surface area contributed by atoms with Crippen LogP contribution in [0.1, 0.15) is 25.7 Å². The number of rotatable bonds is 4. The lowest BCUT2D eigenvalue weighted by Crippen LogP contribution is -2.24. The van der Waals surface area contributed by atoms with Crippen LogP contribution in [0.4, 0.5) is 5.69 Å². The van der Waals surface area contributed by atoms with Crippen LogP contribution in [0.2, 0.25) is 0 Å². The summed E-state index contributed by atoms with van der Waals surface area (Å²) in [6, 6.07) is 7.09. The predicted molar refractivity (Wildman–Crippen MR) is 74.7 cm³/mol. The van der Waals surface area contributed by atoms with Crippen molar-refractivity contribution in [3.05, 3.63) is 27.1 Å². The van der Waals surface area contributed by atoms with E-state index < -0.39 is 0 Å². The summed E-state index contributed by atoms with van der Waals surface area (Å²) in [5.41, 5.74) is 1.24. The van der Waals surface area contributed by atoms with Crippen LogP contribution in [0.3, 0.4) is 0 Å². The van der Waals surface area contributed by atoms with Gasteiger partial charge in [0.1, 0.15) is 0 Å². The maximum Gasteiger partial charge on any atom is 0.0487 e. The van der Waals surface area contributed by atoms with Gasteiger partial charge in [-0.05, 0) is 71.6 Å². The van der Waals surface area contributed by atoms with Crippen LogP contribution in [0.25, 0.3) is 0 Å². The first-order chi connectivity index (χ1) is 7.74.